The number of para-hydroxylation sites is 1. The number of pyridine rings is 1. The number of carbonyl (C=O) groups excluding carboxylic acids is 1. The predicted octanol–water partition coefficient (Wildman–Crippen LogP) is 5.33. The first-order valence-corrected chi connectivity index (χ1v) is 8.74. The van der Waals surface area contributed by atoms with Crippen molar-refractivity contribution in [2.75, 3.05) is 7.11 Å². The number of benzene rings is 2. The molecule has 0 amide bonds. The lowest BCUT2D eigenvalue weighted by atomic mass is 10.1. The number of hydrogen-bond donors (Lipinski definition) is 0. The van der Waals surface area contributed by atoms with Crippen molar-refractivity contribution >= 4 is 51.1 Å². The smallest absolute Gasteiger partial charge is 0.339 e. The van der Waals surface area contributed by atoms with Crippen LogP contribution in [0.5, 0.6) is 0 Å². The summed E-state index contributed by atoms with van der Waals surface area (Å²) in [6, 6.07) is 15.2. The van der Waals surface area contributed by atoms with E-state index in [9.17, 15) is 4.79 Å². The van der Waals surface area contributed by atoms with Gasteiger partial charge < -0.3 is 9.30 Å². The van der Waals surface area contributed by atoms with E-state index in [-0.39, 0.29) is 0 Å². The number of methoxy groups -OCH3 is 1. The van der Waals surface area contributed by atoms with Crippen molar-refractivity contribution in [1.82, 2.24) is 9.55 Å². The molecule has 6 heteroatoms. The lowest BCUT2D eigenvalue weighted by Gasteiger charge is -2.10. The summed E-state index contributed by atoms with van der Waals surface area (Å²) >= 11 is 12.7. The molecule has 4 rings (SSSR count). The van der Waals surface area contributed by atoms with Crippen LogP contribution < -0.4 is 0 Å². The third-order valence-electron chi connectivity index (χ3n) is 4.41. The van der Waals surface area contributed by atoms with Crippen molar-refractivity contribution in [3.05, 3.63) is 75.9 Å². The SMILES string of the molecule is COC(=O)c1cnc2c(c1)c1ccccc1n2Cc1c(Cl)cccc1Cl. The number of hydrogen-bond acceptors (Lipinski definition) is 3. The summed E-state index contributed by atoms with van der Waals surface area (Å²) in [5, 5.41) is 3.10. The average Bonchev–Trinajstić information content (AvgIpc) is 2.97. The van der Waals surface area contributed by atoms with E-state index in [1.807, 2.05) is 42.5 Å². The summed E-state index contributed by atoms with van der Waals surface area (Å²) in [5.74, 6) is -0.412. The van der Waals surface area contributed by atoms with Gasteiger partial charge in [0, 0.05) is 32.6 Å². The highest BCUT2D eigenvalue weighted by Gasteiger charge is 2.16. The largest absolute Gasteiger partial charge is 0.465 e. The van der Waals surface area contributed by atoms with Gasteiger partial charge in [-0.3, -0.25) is 0 Å². The normalized spacial score (nSPS) is 11.2. The van der Waals surface area contributed by atoms with Gasteiger partial charge in [-0.15, -0.1) is 0 Å². The number of esters is 1. The minimum atomic E-state index is -0.412. The minimum absolute atomic E-state index is 0.412. The Bertz CT molecular complexity index is 1130. The lowest BCUT2D eigenvalue weighted by Crippen LogP contribution is -2.04. The first kappa shape index (κ1) is 16.9. The molecule has 2 aromatic heterocycles. The van der Waals surface area contributed by atoms with Gasteiger partial charge in [-0.2, -0.15) is 0 Å². The van der Waals surface area contributed by atoms with Crippen molar-refractivity contribution in [1.29, 1.82) is 0 Å². The van der Waals surface area contributed by atoms with Crippen molar-refractivity contribution in [2.45, 2.75) is 6.54 Å². The molecule has 0 N–H and O–H groups in total. The molecule has 0 spiro atoms. The van der Waals surface area contributed by atoms with Gasteiger partial charge in [0.2, 0.25) is 0 Å². The van der Waals surface area contributed by atoms with Crippen LogP contribution in [0.3, 0.4) is 0 Å². The molecule has 0 bridgehead atoms. The summed E-state index contributed by atoms with van der Waals surface area (Å²) in [7, 11) is 1.36. The maximum absolute atomic E-state index is 11.9. The van der Waals surface area contributed by atoms with Crippen LogP contribution in [0.4, 0.5) is 0 Å². The molecule has 0 aliphatic carbocycles. The van der Waals surface area contributed by atoms with E-state index in [0.717, 1.165) is 27.5 Å². The number of rotatable bonds is 3. The van der Waals surface area contributed by atoms with Gasteiger partial charge in [0.05, 0.1) is 24.7 Å². The van der Waals surface area contributed by atoms with Crippen molar-refractivity contribution in [3.63, 3.8) is 0 Å². The fourth-order valence-corrected chi connectivity index (χ4v) is 3.67. The standard InChI is InChI=1S/C20H14Cl2N2O2/c1-26-20(25)12-9-14-13-5-2-3-8-18(13)24(19(14)23-10-12)11-15-16(21)6-4-7-17(15)22/h2-10H,11H2,1H3. The molecule has 2 aromatic carbocycles. The lowest BCUT2D eigenvalue weighted by molar-refractivity contribution is 0.0600. The topological polar surface area (TPSA) is 44.1 Å². The van der Waals surface area contributed by atoms with Crippen LogP contribution in [0.25, 0.3) is 21.9 Å². The van der Waals surface area contributed by atoms with Crippen molar-refractivity contribution in [3.8, 4) is 0 Å². The molecule has 26 heavy (non-hydrogen) atoms. The van der Waals surface area contributed by atoms with Gasteiger partial charge in [0.1, 0.15) is 5.65 Å². The van der Waals surface area contributed by atoms with Crippen LogP contribution in [0.1, 0.15) is 15.9 Å². The number of fused-ring (bicyclic) bond motifs is 3. The Morgan fingerprint density at radius 2 is 1.81 bits per heavy atom. The van der Waals surface area contributed by atoms with E-state index in [2.05, 4.69) is 9.55 Å². The second-order valence-electron chi connectivity index (χ2n) is 5.89. The van der Waals surface area contributed by atoms with Crippen LogP contribution in [0.2, 0.25) is 10.0 Å². The van der Waals surface area contributed by atoms with E-state index in [4.69, 9.17) is 27.9 Å². The van der Waals surface area contributed by atoms with Crippen LogP contribution in [-0.2, 0) is 11.3 Å². The maximum atomic E-state index is 11.9. The third-order valence-corrected chi connectivity index (χ3v) is 5.11. The molecule has 0 saturated carbocycles. The molecule has 0 aliphatic rings. The van der Waals surface area contributed by atoms with Crippen molar-refractivity contribution < 1.29 is 9.53 Å². The van der Waals surface area contributed by atoms with Crippen LogP contribution >= 0.6 is 23.2 Å². The zero-order valence-corrected chi connectivity index (χ0v) is 15.4. The summed E-state index contributed by atoms with van der Waals surface area (Å²) in [4.78, 5) is 16.4. The Balaban J connectivity index is 1.97. The highest BCUT2D eigenvalue weighted by molar-refractivity contribution is 6.36. The first-order chi connectivity index (χ1) is 12.6. The summed E-state index contributed by atoms with van der Waals surface area (Å²) < 4.78 is 6.86. The van der Waals surface area contributed by atoms with Gasteiger partial charge in [0.25, 0.3) is 0 Å². The van der Waals surface area contributed by atoms with E-state index in [1.165, 1.54) is 13.3 Å². The summed E-state index contributed by atoms with van der Waals surface area (Å²) in [6.45, 7) is 0.479. The van der Waals surface area contributed by atoms with E-state index >= 15 is 0 Å². The van der Waals surface area contributed by atoms with E-state index < -0.39 is 5.97 Å². The van der Waals surface area contributed by atoms with Crippen LogP contribution in [0, 0.1) is 0 Å². The average molecular weight is 385 g/mol. The number of nitrogens with zero attached hydrogens (tertiary/aromatic N) is 2. The molecule has 0 unspecified atom stereocenters. The van der Waals surface area contributed by atoms with Gasteiger partial charge >= 0.3 is 5.97 Å². The van der Waals surface area contributed by atoms with Gasteiger partial charge in [0.15, 0.2) is 0 Å². The fraction of sp³-hybridized carbons (Fsp3) is 0.100. The Labute approximate surface area is 159 Å². The van der Waals surface area contributed by atoms with E-state index in [0.29, 0.717) is 22.2 Å². The summed E-state index contributed by atoms with van der Waals surface area (Å²) in [5.41, 5.74) is 3.00. The quantitative estimate of drug-likeness (QED) is 0.448. The molecule has 4 nitrogen and oxygen atoms in total. The highest BCUT2D eigenvalue weighted by Crippen LogP contribution is 2.32. The Hall–Kier alpha value is -2.56. The molecular formula is C20H14Cl2N2O2. The van der Waals surface area contributed by atoms with Gasteiger partial charge in [-0.1, -0.05) is 47.5 Å². The first-order valence-electron chi connectivity index (χ1n) is 7.98. The molecule has 0 fully saturated rings. The maximum Gasteiger partial charge on any atom is 0.339 e. The molecule has 0 radical (unpaired) electrons. The van der Waals surface area contributed by atoms with Gasteiger partial charge in [-0.05, 0) is 24.3 Å². The molecule has 130 valence electrons. The molecule has 0 atom stereocenters. The molecular weight excluding hydrogens is 371 g/mol. The van der Waals surface area contributed by atoms with Crippen molar-refractivity contribution in [2.24, 2.45) is 0 Å². The molecule has 0 aliphatic heterocycles. The number of ether oxygens (including phenoxy) is 1. The van der Waals surface area contributed by atoms with Gasteiger partial charge in [-0.25, -0.2) is 9.78 Å². The number of halogens is 2. The Morgan fingerprint density at radius 1 is 1.08 bits per heavy atom. The molecule has 4 aromatic rings. The molecule has 2 heterocycles. The monoisotopic (exact) mass is 384 g/mol. The zero-order valence-electron chi connectivity index (χ0n) is 13.9. The minimum Gasteiger partial charge on any atom is -0.465 e. The van der Waals surface area contributed by atoms with Crippen LogP contribution in [0.15, 0.2) is 54.7 Å². The van der Waals surface area contributed by atoms with Crippen LogP contribution in [-0.4, -0.2) is 22.6 Å². The summed E-state index contributed by atoms with van der Waals surface area (Å²) in [6.07, 6.45) is 1.53. The highest BCUT2D eigenvalue weighted by atomic mass is 35.5. The fourth-order valence-electron chi connectivity index (χ4n) is 3.15. The third kappa shape index (κ3) is 2.71. The second-order valence-corrected chi connectivity index (χ2v) is 6.70. The zero-order chi connectivity index (χ0) is 18.3. The molecule has 0 saturated heterocycles. The second kappa shape index (κ2) is 6.63. The Morgan fingerprint density at radius 3 is 2.54 bits per heavy atom. The number of carbonyl (C=O) groups is 1. The van der Waals surface area contributed by atoms with E-state index in [1.54, 1.807) is 6.07 Å². The predicted molar refractivity (Wildman–Crippen MR) is 104 cm³/mol. The number of aromatic nitrogens is 2. The Kier molecular flexibility index (Phi) is 4.31.